The highest BCUT2D eigenvalue weighted by atomic mass is 16.5. The molecular weight excluding hydrogens is 412 g/mol. The van der Waals surface area contributed by atoms with E-state index in [-0.39, 0.29) is 36.6 Å². The molecule has 32 heavy (non-hydrogen) atoms. The maximum atomic E-state index is 12.8. The highest BCUT2D eigenvalue weighted by Gasteiger charge is 2.50. The lowest BCUT2D eigenvalue weighted by Gasteiger charge is -2.24. The van der Waals surface area contributed by atoms with E-state index in [0.29, 0.717) is 25.1 Å². The summed E-state index contributed by atoms with van der Waals surface area (Å²) in [5.74, 6) is -0.149. The van der Waals surface area contributed by atoms with Gasteiger partial charge in [0.25, 0.3) is 0 Å². The molecule has 1 aromatic heterocycles. The molecule has 0 spiro atoms. The van der Waals surface area contributed by atoms with Gasteiger partial charge in [-0.25, -0.2) is 4.79 Å². The molecular formula is C23H23N4O5. The molecule has 1 radical (unpaired) electrons. The zero-order valence-corrected chi connectivity index (χ0v) is 17.3. The molecule has 4 rings (SSSR count). The quantitative estimate of drug-likeness (QED) is 0.720. The van der Waals surface area contributed by atoms with E-state index in [9.17, 15) is 19.2 Å². The van der Waals surface area contributed by atoms with Crippen molar-refractivity contribution >= 4 is 23.7 Å². The number of pyridine rings is 1. The number of aromatic nitrogens is 1. The Kier molecular flexibility index (Phi) is 6.16. The summed E-state index contributed by atoms with van der Waals surface area (Å²) in [6, 6.07) is 9.37. The van der Waals surface area contributed by atoms with Gasteiger partial charge in [0.15, 0.2) is 5.78 Å². The van der Waals surface area contributed by atoms with Crippen molar-refractivity contribution in [3.63, 3.8) is 0 Å². The second kappa shape index (κ2) is 9.17. The Morgan fingerprint density at radius 2 is 1.91 bits per heavy atom. The van der Waals surface area contributed by atoms with Crippen LogP contribution >= 0.6 is 0 Å². The second-order valence-electron chi connectivity index (χ2n) is 7.83. The summed E-state index contributed by atoms with van der Waals surface area (Å²) in [6.45, 7) is 0.456. The van der Waals surface area contributed by atoms with Crippen LogP contribution in [0.25, 0.3) is 0 Å². The van der Waals surface area contributed by atoms with Crippen molar-refractivity contribution < 1.29 is 23.9 Å². The molecule has 2 saturated heterocycles. The third-order valence-corrected chi connectivity index (χ3v) is 5.76. The Morgan fingerprint density at radius 1 is 1.12 bits per heavy atom. The molecule has 2 aliphatic rings. The number of carbonyl (C=O) groups excluding carboxylic acids is 4. The van der Waals surface area contributed by atoms with E-state index in [4.69, 9.17) is 10.5 Å². The topological polar surface area (TPSA) is 123 Å². The van der Waals surface area contributed by atoms with Crippen molar-refractivity contribution in [2.45, 2.75) is 31.3 Å². The fourth-order valence-corrected chi connectivity index (χ4v) is 4.30. The van der Waals surface area contributed by atoms with Crippen LogP contribution in [0.4, 0.5) is 4.79 Å². The fourth-order valence-electron chi connectivity index (χ4n) is 4.30. The predicted octanol–water partition coefficient (Wildman–Crippen LogP) is 0.909. The average Bonchev–Trinajstić information content (AvgIpc) is 3.35. The van der Waals surface area contributed by atoms with Gasteiger partial charge in [0.1, 0.15) is 11.8 Å². The summed E-state index contributed by atoms with van der Waals surface area (Å²) in [5.41, 5.74) is 6.61. The minimum Gasteiger partial charge on any atom is -0.411 e. The lowest BCUT2D eigenvalue weighted by atomic mass is 10.1. The van der Waals surface area contributed by atoms with Gasteiger partial charge in [-0.05, 0) is 42.2 Å². The maximum Gasteiger partial charge on any atom is 0.409 e. The number of primary amides is 1. The number of ether oxygens (including phenoxy) is 1. The number of rotatable bonds is 6. The third-order valence-electron chi connectivity index (χ3n) is 5.76. The minimum atomic E-state index is -0.891. The molecule has 0 aliphatic carbocycles. The van der Waals surface area contributed by atoms with Gasteiger partial charge in [-0.3, -0.25) is 19.4 Å². The van der Waals surface area contributed by atoms with Crippen LogP contribution in [-0.2, 0) is 27.2 Å². The predicted molar refractivity (Wildman–Crippen MR) is 113 cm³/mol. The van der Waals surface area contributed by atoms with E-state index in [1.165, 1.54) is 6.42 Å². The monoisotopic (exact) mass is 435 g/mol. The molecule has 2 aromatic rings. The minimum absolute atomic E-state index is 0.0273. The molecule has 0 bridgehead atoms. The van der Waals surface area contributed by atoms with Crippen molar-refractivity contribution in [1.82, 2.24) is 14.8 Å². The first kappa shape index (κ1) is 21.5. The van der Waals surface area contributed by atoms with Crippen molar-refractivity contribution in [2.24, 2.45) is 5.73 Å². The molecule has 2 fully saturated rings. The Balaban J connectivity index is 1.34. The van der Waals surface area contributed by atoms with E-state index in [2.05, 4.69) is 4.98 Å². The van der Waals surface area contributed by atoms with Crippen LogP contribution in [0.3, 0.4) is 0 Å². The summed E-state index contributed by atoms with van der Waals surface area (Å²) in [6.07, 6.45) is 5.04. The summed E-state index contributed by atoms with van der Waals surface area (Å²) in [7, 11) is 0. The Bertz CT molecular complexity index is 1020. The number of hydrogen-bond donors (Lipinski definition) is 1. The standard InChI is InChI=1S/C23H23N4O5/c24-23(31)32-17-6-3-15(4-7-17)5-8-20(29)26-11-9-18-22(26)19(28)14-27(18)21(30)12-16-2-1-10-25-13-16/h1-4,6-8,10,13,18,22H,5,9,11-12,14H2,(H2,24,31). The van der Waals surface area contributed by atoms with Crippen LogP contribution in [0.5, 0.6) is 5.75 Å². The molecule has 2 unspecified atom stereocenters. The highest BCUT2D eigenvalue weighted by molar-refractivity contribution is 5.99. The van der Waals surface area contributed by atoms with Gasteiger partial charge in [-0.1, -0.05) is 18.2 Å². The van der Waals surface area contributed by atoms with E-state index in [1.807, 2.05) is 6.07 Å². The SMILES string of the molecule is NC(=O)Oc1ccc(C[CH]C(=O)N2CCC3C2C(=O)CN3C(=O)Cc2cccnc2)cc1. The second-order valence-corrected chi connectivity index (χ2v) is 7.83. The number of Topliss-reactive ketones (excluding diaryl/α,β-unsaturated/α-hetero) is 1. The fraction of sp³-hybridized carbons (Fsp3) is 0.304. The largest absolute Gasteiger partial charge is 0.411 e. The van der Waals surface area contributed by atoms with E-state index >= 15 is 0 Å². The van der Waals surface area contributed by atoms with Crippen LogP contribution in [0.2, 0.25) is 0 Å². The molecule has 3 amide bonds. The van der Waals surface area contributed by atoms with Gasteiger partial charge < -0.3 is 20.3 Å². The number of ketones is 1. The lowest BCUT2D eigenvalue weighted by Crippen LogP contribution is -2.44. The lowest BCUT2D eigenvalue weighted by molar-refractivity contribution is -0.133. The summed E-state index contributed by atoms with van der Waals surface area (Å²) in [5, 5.41) is 0. The highest BCUT2D eigenvalue weighted by Crippen LogP contribution is 2.30. The first-order chi connectivity index (χ1) is 15.4. The van der Waals surface area contributed by atoms with E-state index in [1.54, 1.807) is 52.5 Å². The Hall–Kier alpha value is -3.75. The number of hydrogen-bond acceptors (Lipinski definition) is 6. The normalized spacial score (nSPS) is 19.7. The smallest absolute Gasteiger partial charge is 0.409 e. The van der Waals surface area contributed by atoms with Crippen molar-refractivity contribution in [3.8, 4) is 5.75 Å². The third kappa shape index (κ3) is 4.61. The molecule has 3 heterocycles. The molecule has 2 aliphatic heterocycles. The van der Waals surface area contributed by atoms with Crippen molar-refractivity contribution in [2.75, 3.05) is 13.1 Å². The van der Waals surface area contributed by atoms with Gasteiger partial charge >= 0.3 is 6.09 Å². The number of benzene rings is 1. The Morgan fingerprint density at radius 3 is 2.59 bits per heavy atom. The summed E-state index contributed by atoms with van der Waals surface area (Å²) < 4.78 is 4.78. The van der Waals surface area contributed by atoms with Gasteiger partial charge in [-0.15, -0.1) is 0 Å². The average molecular weight is 435 g/mol. The molecule has 1 aromatic carbocycles. The van der Waals surface area contributed by atoms with Crippen LogP contribution in [0, 0.1) is 6.42 Å². The van der Waals surface area contributed by atoms with E-state index in [0.717, 1.165) is 11.1 Å². The zero-order valence-electron chi connectivity index (χ0n) is 17.3. The van der Waals surface area contributed by atoms with E-state index < -0.39 is 12.1 Å². The molecule has 2 N–H and O–H groups in total. The van der Waals surface area contributed by atoms with Crippen molar-refractivity contribution in [1.29, 1.82) is 0 Å². The van der Waals surface area contributed by atoms with Crippen LogP contribution in [0.1, 0.15) is 17.5 Å². The molecule has 165 valence electrons. The number of nitrogens with two attached hydrogens (primary N) is 1. The Labute approximate surface area is 185 Å². The summed E-state index contributed by atoms with van der Waals surface area (Å²) >= 11 is 0. The number of amides is 3. The van der Waals surface area contributed by atoms with Crippen LogP contribution in [-0.4, -0.2) is 63.6 Å². The van der Waals surface area contributed by atoms with Crippen LogP contribution < -0.4 is 10.5 Å². The van der Waals surface area contributed by atoms with Gasteiger partial charge in [0.05, 0.1) is 25.4 Å². The number of nitrogens with zero attached hydrogens (tertiary/aromatic N) is 3. The molecule has 0 saturated carbocycles. The first-order valence-corrected chi connectivity index (χ1v) is 10.3. The summed E-state index contributed by atoms with van der Waals surface area (Å²) in [4.78, 5) is 56.2. The van der Waals surface area contributed by atoms with Gasteiger partial charge in [-0.2, -0.15) is 0 Å². The molecule has 2 atom stereocenters. The molecule has 9 heteroatoms. The molecule has 9 nitrogen and oxygen atoms in total. The van der Waals surface area contributed by atoms with Crippen molar-refractivity contribution in [3.05, 3.63) is 66.3 Å². The first-order valence-electron chi connectivity index (χ1n) is 10.3. The number of likely N-dealkylation sites (tertiary alicyclic amines) is 2. The van der Waals surface area contributed by atoms with Gasteiger partial charge in [0.2, 0.25) is 11.8 Å². The zero-order chi connectivity index (χ0) is 22.7. The van der Waals surface area contributed by atoms with Gasteiger partial charge in [0, 0.05) is 18.9 Å². The number of carbonyl (C=O) groups is 4. The van der Waals surface area contributed by atoms with Crippen LogP contribution in [0.15, 0.2) is 48.8 Å². The number of fused-ring (bicyclic) bond motifs is 1. The maximum absolute atomic E-state index is 12.8.